The van der Waals surface area contributed by atoms with Gasteiger partial charge in [-0.15, -0.1) is 0 Å². The quantitative estimate of drug-likeness (QED) is 0.413. The predicted octanol–water partition coefficient (Wildman–Crippen LogP) is 4.51. The first-order valence-electron chi connectivity index (χ1n) is 10.1. The minimum absolute atomic E-state index is 0.00866. The summed E-state index contributed by atoms with van der Waals surface area (Å²) in [7, 11) is 0. The maximum Gasteiger partial charge on any atom is 0.326 e. The lowest BCUT2D eigenvalue weighted by Crippen LogP contribution is -2.36. The van der Waals surface area contributed by atoms with Crippen LogP contribution in [0, 0.1) is 27.9 Å². The number of hydrogen-bond donors (Lipinski definition) is 0. The Hall–Kier alpha value is -2.44. The van der Waals surface area contributed by atoms with Crippen molar-refractivity contribution < 1.29 is 14.5 Å². The normalized spacial score (nSPS) is 22.5. The van der Waals surface area contributed by atoms with Gasteiger partial charge in [-0.05, 0) is 36.7 Å². The molecule has 28 heavy (non-hydrogen) atoms. The van der Waals surface area contributed by atoms with Crippen LogP contribution in [0.1, 0.15) is 52.8 Å². The highest BCUT2D eigenvalue weighted by Gasteiger charge is 2.33. The number of aromatic nitrogens is 2. The van der Waals surface area contributed by atoms with Gasteiger partial charge in [0.1, 0.15) is 18.5 Å². The second kappa shape index (κ2) is 8.29. The number of fused-ring (bicyclic) bond motifs is 1. The summed E-state index contributed by atoms with van der Waals surface area (Å²) in [5.41, 5.74) is 1.24. The fourth-order valence-corrected chi connectivity index (χ4v) is 4.31. The number of carbonyl (C=O) groups is 1. The highest BCUT2D eigenvalue weighted by molar-refractivity contribution is 5.81. The van der Waals surface area contributed by atoms with Gasteiger partial charge in [-0.25, -0.2) is 4.98 Å². The van der Waals surface area contributed by atoms with Crippen LogP contribution in [-0.4, -0.2) is 26.5 Å². The number of benzene rings is 1. The molecule has 2 aromatic rings. The third-order valence-electron chi connectivity index (χ3n) is 5.87. The van der Waals surface area contributed by atoms with Gasteiger partial charge in [-0.1, -0.05) is 34.1 Å². The Balaban J connectivity index is 1.83. The smallest absolute Gasteiger partial charge is 0.326 e. The molecule has 1 aromatic heterocycles. The molecule has 0 saturated heterocycles. The Morgan fingerprint density at radius 3 is 2.79 bits per heavy atom. The number of aryl methyl sites for hydroxylation is 1. The number of imidazole rings is 1. The van der Waals surface area contributed by atoms with Crippen molar-refractivity contribution in [1.29, 1.82) is 0 Å². The van der Waals surface area contributed by atoms with Crippen LogP contribution < -0.4 is 0 Å². The lowest BCUT2D eigenvalue weighted by atomic mass is 9.75. The van der Waals surface area contributed by atoms with Crippen molar-refractivity contribution in [3.63, 3.8) is 0 Å². The van der Waals surface area contributed by atoms with Crippen LogP contribution in [0.15, 0.2) is 18.2 Å². The second-order valence-corrected chi connectivity index (χ2v) is 8.25. The molecule has 1 heterocycles. The molecule has 7 heteroatoms. The van der Waals surface area contributed by atoms with E-state index in [1.54, 1.807) is 10.6 Å². The standard InChI is InChI=1S/C21H29N3O4/c1-5-20-22-17-9-7-15(24(26)27)11-18(17)23(20)12-21(25)28-19-10-14(4)6-8-16(19)13(2)3/h7,9,11,13-14,16,19H,5-6,8,10,12H2,1-4H3/t14-,16?,19-/m1/s1. The van der Waals surface area contributed by atoms with E-state index in [1.807, 2.05) is 6.92 Å². The number of nitro benzene ring substituents is 1. The SMILES string of the molecule is CCc1nc2ccc([N+](=O)[O-])cc2n1CC(=O)O[C@@H]1C[C@H](C)CCC1C(C)C. The summed E-state index contributed by atoms with van der Waals surface area (Å²) >= 11 is 0. The first-order valence-corrected chi connectivity index (χ1v) is 10.1. The number of ether oxygens (including phenoxy) is 1. The highest BCUT2D eigenvalue weighted by atomic mass is 16.6. The van der Waals surface area contributed by atoms with Gasteiger partial charge < -0.3 is 9.30 Å². The first kappa shape index (κ1) is 20.3. The third-order valence-corrected chi connectivity index (χ3v) is 5.87. The Labute approximate surface area is 165 Å². The summed E-state index contributed by atoms with van der Waals surface area (Å²) < 4.78 is 7.66. The lowest BCUT2D eigenvalue weighted by molar-refractivity contribution is -0.384. The molecule has 3 atom stereocenters. The summed E-state index contributed by atoms with van der Waals surface area (Å²) in [6.45, 7) is 8.54. The Morgan fingerprint density at radius 1 is 1.39 bits per heavy atom. The van der Waals surface area contributed by atoms with Crippen molar-refractivity contribution in [3.05, 3.63) is 34.1 Å². The van der Waals surface area contributed by atoms with E-state index in [1.165, 1.54) is 18.6 Å². The van der Waals surface area contributed by atoms with Gasteiger partial charge >= 0.3 is 5.97 Å². The lowest BCUT2D eigenvalue weighted by Gasteiger charge is -2.36. The highest BCUT2D eigenvalue weighted by Crippen LogP contribution is 2.35. The number of non-ortho nitro benzene ring substituents is 1. The zero-order valence-electron chi connectivity index (χ0n) is 17.1. The summed E-state index contributed by atoms with van der Waals surface area (Å²) in [6.07, 6.45) is 3.71. The minimum atomic E-state index is -0.433. The molecule has 152 valence electrons. The topological polar surface area (TPSA) is 87.3 Å². The van der Waals surface area contributed by atoms with Gasteiger partial charge in [-0.2, -0.15) is 0 Å². The van der Waals surface area contributed by atoms with E-state index < -0.39 is 4.92 Å². The number of rotatable bonds is 6. The number of nitrogens with zero attached hydrogens (tertiary/aromatic N) is 3. The fraction of sp³-hybridized carbons (Fsp3) is 0.619. The fourth-order valence-electron chi connectivity index (χ4n) is 4.31. The molecule has 1 aliphatic carbocycles. The van der Waals surface area contributed by atoms with Crippen LogP contribution in [-0.2, 0) is 22.5 Å². The monoisotopic (exact) mass is 387 g/mol. The largest absolute Gasteiger partial charge is 0.461 e. The molecule has 0 bridgehead atoms. The van der Waals surface area contributed by atoms with Crippen LogP contribution in [0.4, 0.5) is 5.69 Å². The zero-order valence-corrected chi connectivity index (χ0v) is 17.1. The van der Waals surface area contributed by atoms with Crippen LogP contribution in [0.25, 0.3) is 11.0 Å². The molecule has 0 spiro atoms. The molecule has 1 unspecified atom stereocenters. The zero-order chi connectivity index (χ0) is 20.4. The third kappa shape index (κ3) is 4.18. The number of carbonyl (C=O) groups excluding carboxylic acids is 1. The molecule has 3 rings (SSSR count). The predicted molar refractivity (Wildman–Crippen MR) is 107 cm³/mol. The molecule has 0 N–H and O–H groups in total. The first-order chi connectivity index (χ1) is 13.3. The van der Waals surface area contributed by atoms with Crippen molar-refractivity contribution in [1.82, 2.24) is 9.55 Å². The van der Waals surface area contributed by atoms with E-state index in [9.17, 15) is 14.9 Å². The van der Waals surface area contributed by atoms with Crippen molar-refractivity contribution in [3.8, 4) is 0 Å². The molecule has 0 amide bonds. The van der Waals surface area contributed by atoms with Gasteiger partial charge in [0.25, 0.3) is 5.69 Å². The number of nitro groups is 1. The molecule has 1 saturated carbocycles. The maximum atomic E-state index is 12.8. The minimum Gasteiger partial charge on any atom is -0.461 e. The number of esters is 1. The van der Waals surface area contributed by atoms with Crippen molar-refractivity contribution >= 4 is 22.7 Å². The maximum absolute atomic E-state index is 12.8. The van der Waals surface area contributed by atoms with Crippen molar-refractivity contribution in [2.75, 3.05) is 0 Å². The molecule has 1 aliphatic rings. The molecule has 1 aromatic carbocycles. The van der Waals surface area contributed by atoms with E-state index in [0.29, 0.717) is 35.2 Å². The van der Waals surface area contributed by atoms with Gasteiger partial charge in [0.2, 0.25) is 0 Å². The summed E-state index contributed by atoms with van der Waals surface area (Å²) in [4.78, 5) is 28.0. The van der Waals surface area contributed by atoms with Crippen LogP contribution in [0.2, 0.25) is 0 Å². The second-order valence-electron chi connectivity index (χ2n) is 8.25. The van der Waals surface area contributed by atoms with Gasteiger partial charge in [0.05, 0.1) is 16.0 Å². The summed E-state index contributed by atoms with van der Waals surface area (Å²) in [5.74, 6) is 1.82. The average Bonchev–Trinajstić information content (AvgIpc) is 2.98. The van der Waals surface area contributed by atoms with Crippen molar-refractivity contribution in [2.24, 2.45) is 17.8 Å². The number of hydrogen-bond acceptors (Lipinski definition) is 5. The summed E-state index contributed by atoms with van der Waals surface area (Å²) in [6, 6.07) is 4.55. The van der Waals surface area contributed by atoms with Gasteiger partial charge in [0, 0.05) is 18.6 Å². The molecular weight excluding hydrogens is 358 g/mol. The van der Waals surface area contributed by atoms with E-state index in [2.05, 4.69) is 25.8 Å². The van der Waals surface area contributed by atoms with Gasteiger partial charge in [-0.3, -0.25) is 14.9 Å². The van der Waals surface area contributed by atoms with E-state index in [-0.39, 0.29) is 24.3 Å². The molecular formula is C21H29N3O4. The Bertz CT molecular complexity index is 874. The Morgan fingerprint density at radius 2 is 2.14 bits per heavy atom. The van der Waals surface area contributed by atoms with Crippen LogP contribution in [0.5, 0.6) is 0 Å². The Kier molecular flexibility index (Phi) is 6.01. The van der Waals surface area contributed by atoms with Gasteiger partial charge in [0.15, 0.2) is 0 Å². The van der Waals surface area contributed by atoms with Crippen LogP contribution >= 0.6 is 0 Å². The summed E-state index contributed by atoms with van der Waals surface area (Å²) in [5, 5.41) is 11.1. The van der Waals surface area contributed by atoms with E-state index in [4.69, 9.17) is 4.74 Å². The van der Waals surface area contributed by atoms with Crippen molar-refractivity contribution in [2.45, 2.75) is 66.0 Å². The van der Waals surface area contributed by atoms with E-state index in [0.717, 1.165) is 18.7 Å². The molecule has 0 aliphatic heterocycles. The molecule has 0 radical (unpaired) electrons. The van der Waals surface area contributed by atoms with Crippen LogP contribution in [0.3, 0.4) is 0 Å². The molecule has 7 nitrogen and oxygen atoms in total. The molecule has 1 fully saturated rings. The average molecular weight is 387 g/mol. The van der Waals surface area contributed by atoms with E-state index >= 15 is 0 Å².